The van der Waals surface area contributed by atoms with Crippen LogP contribution in [-0.4, -0.2) is 29.2 Å². The molecule has 0 saturated heterocycles. The fourth-order valence-electron chi connectivity index (χ4n) is 5.42. The SMILES string of the molecule is CN(C)c1nc(CCCC2CCC(CCCCc3cc(Cl)ccc3O)CC2)nc2ccccc12. The highest BCUT2D eigenvalue weighted by atomic mass is 35.5. The summed E-state index contributed by atoms with van der Waals surface area (Å²) in [6, 6.07) is 13.6. The molecule has 3 aromatic rings. The molecule has 0 aliphatic heterocycles. The molecule has 1 heterocycles. The molecule has 1 fully saturated rings. The first kappa shape index (κ1) is 24.8. The Kier molecular flexibility index (Phi) is 8.66. The number of para-hydroxylation sites is 1. The Bertz CT molecular complexity index is 1080. The number of hydrogen-bond donors (Lipinski definition) is 1. The summed E-state index contributed by atoms with van der Waals surface area (Å²) in [6.07, 6.45) is 13.4. The molecule has 0 unspecified atom stereocenters. The lowest BCUT2D eigenvalue weighted by Gasteiger charge is -2.28. The van der Waals surface area contributed by atoms with Gasteiger partial charge in [-0.05, 0) is 67.0 Å². The number of nitrogens with zero attached hydrogens (tertiary/aromatic N) is 3. The number of aromatic hydroxyl groups is 1. The Balaban J connectivity index is 1.16. The smallest absolute Gasteiger partial charge is 0.139 e. The molecule has 1 aliphatic rings. The number of anilines is 1. The van der Waals surface area contributed by atoms with Gasteiger partial charge in [-0.15, -0.1) is 0 Å². The van der Waals surface area contributed by atoms with Gasteiger partial charge in [-0.1, -0.05) is 68.7 Å². The van der Waals surface area contributed by atoms with Gasteiger partial charge < -0.3 is 10.0 Å². The van der Waals surface area contributed by atoms with Crippen molar-refractivity contribution in [1.29, 1.82) is 0 Å². The van der Waals surface area contributed by atoms with Gasteiger partial charge in [-0.2, -0.15) is 0 Å². The monoisotopic (exact) mass is 479 g/mol. The van der Waals surface area contributed by atoms with E-state index in [1.165, 1.54) is 51.4 Å². The Morgan fingerprint density at radius 3 is 2.32 bits per heavy atom. The van der Waals surface area contributed by atoms with Crippen LogP contribution in [0.2, 0.25) is 5.02 Å². The highest BCUT2D eigenvalue weighted by molar-refractivity contribution is 6.30. The molecule has 0 radical (unpaired) electrons. The minimum absolute atomic E-state index is 0.372. The van der Waals surface area contributed by atoms with E-state index in [4.69, 9.17) is 21.6 Å². The fraction of sp³-hybridized carbons (Fsp3) is 0.517. The van der Waals surface area contributed by atoms with E-state index in [-0.39, 0.29) is 0 Å². The minimum atomic E-state index is 0.372. The molecule has 1 saturated carbocycles. The van der Waals surface area contributed by atoms with E-state index in [2.05, 4.69) is 43.3 Å². The van der Waals surface area contributed by atoms with Gasteiger partial charge in [0.2, 0.25) is 0 Å². The van der Waals surface area contributed by atoms with Crippen molar-refractivity contribution >= 4 is 28.3 Å². The second-order valence-corrected chi connectivity index (χ2v) is 10.6. The summed E-state index contributed by atoms with van der Waals surface area (Å²) in [5.41, 5.74) is 2.02. The summed E-state index contributed by atoms with van der Waals surface area (Å²) in [6.45, 7) is 0. The van der Waals surface area contributed by atoms with E-state index in [0.717, 1.165) is 59.2 Å². The van der Waals surface area contributed by atoms with Gasteiger partial charge in [0, 0.05) is 30.9 Å². The summed E-state index contributed by atoms with van der Waals surface area (Å²) in [4.78, 5) is 11.8. The van der Waals surface area contributed by atoms with E-state index in [9.17, 15) is 5.11 Å². The van der Waals surface area contributed by atoms with Gasteiger partial charge in [0.05, 0.1) is 5.52 Å². The van der Waals surface area contributed by atoms with Crippen molar-refractivity contribution in [2.75, 3.05) is 19.0 Å². The summed E-state index contributed by atoms with van der Waals surface area (Å²) < 4.78 is 0. The number of benzene rings is 2. The van der Waals surface area contributed by atoms with Gasteiger partial charge in [0.15, 0.2) is 0 Å². The molecule has 0 spiro atoms. The topological polar surface area (TPSA) is 49.2 Å². The predicted molar refractivity (Wildman–Crippen MR) is 143 cm³/mol. The Labute approximate surface area is 209 Å². The zero-order valence-electron chi connectivity index (χ0n) is 20.6. The van der Waals surface area contributed by atoms with Crippen LogP contribution < -0.4 is 4.90 Å². The van der Waals surface area contributed by atoms with Crippen LogP contribution in [0.4, 0.5) is 5.82 Å². The first-order valence-corrected chi connectivity index (χ1v) is 13.3. The number of aryl methyl sites for hydroxylation is 2. The van der Waals surface area contributed by atoms with Crippen molar-refractivity contribution in [3.05, 3.63) is 58.9 Å². The number of phenolic OH excluding ortho intramolecular Hbond substituents is 1. The van der Waals surface area contributed by atoms with Gasteiger partial charge in [0.25, 0.3) is 0 Å². The van der Waals surface area contributed by atoms with E-state index in [0.29, 0.717) is 10.8 Å². The molecule has 0 atom stereocenters. The Morgan fingerprint density at radius 1 is 0.882 bits per heavy atom. The molecule has 4 rings (SSSR count). The number of aromatic nitrogens is 2. The van der Waals surface area contributed by atoms with Crippen molar-refractivity contribution in [1.82, 2.24) is 9.97 Å². The average molecular weight is 480 g/mol. The minimum Gasteiger partial charge on any atom is -0.508 e. The van der Waals surface area contributed by atoms with Crippen molar-refractivity contribution in [2.24, 2.45) is 11.8 Å². The molecule has 0 amide bonds. The van der Waals surface area contributed by atoms with E-state index in [1.807, 2.05) is 6.07 Å². The summed E-state index contributed by atoms with van der Waals surface area (Å²) in [5, 5.41) is 11.8. The largest absolute Gasteiger partial charge is 0.508 e. The molecule has 1 aliphatic carbocycles. The number of phenols is 1. The van der Waals surface area contributed by atoms with Gasteiger partial charge in [-0.25, -0.2) is 9.97 Å². The lowest BCUT2D eigenvalue weighted by atomic mass is 9.78. The maximum absolute atomic E-state index is 9.97. The highest BCUT2D eigenvalue weighted by Crippen LogP contribution is 2.35. The molecular formula is C29H38ClN3O. The lowest BCUT2D eigenvalue weighted by molar-refractivity contribution is 0.246. The highest BCUT2D eigenvalue weighted by Gasteiger charge is 2.21. The zero-order chi connectivity index (χ0) is 23.9. The van der Waals surface area contributed by atoms with Crippen molar-refractivity contribution in [3.63, 3.8) is 0 Å². The fourth-order valence-corrected chi connectivity index (χ4v) is 5.61. The molecule has 0 bridgehead atoms. The zero-order valence-corrected chi connectivity index (χ0v) is 21.4. The van der Waals surface area contributed by atoms with Crippen molar-refractivity contribution < 1.29 is 5.11 Å². The third kappa shape index (κ3) is 6.63. The van der Waals surface area contributed by atoms with Crippen LogP contribution in [0.15, 0.2) is 42.5 Å². The van der Waals surface area contributed by atoms with Crippen molar-refractivity contribution in [2.45, 2.75) is 70.6 Å². The van der Waals surface area contributed by atoms with Crippen LogP contribution in [-0.2, 0) is 12.8 Å². The average Bonchev–Trinajstić information content (AvgIpc) is 2.84. The summed E-state index contributed by atoms with van der Waals surface area (Å²) in [5.74, 6) is 4.09. The second kappa shape index (κ2) is 11.9. The molecule has 5 heteroatoms. The Hall–Kier alpha value is -2.33. The third-order valence-electron chi connectivity index (χ3n) is 7.38. The molecule has 4 nitrogen and oxygen atoms in total. The summed E-state index contributed by atoms with van der Waals surface area (Å²) >= 11 is 6.06. The number of unbranched alkanes of at least 4 members (excludes halogenated alkanes) is 1. The number of halogens is 1. The maximum Gasteiger partial charge on any atom is 0.139 e. The standard InChI is InChI=1S/C29H38ClN3O/c1-33(2)29-25-11-5-6-12-26(25)31-28(32-29)13-7-9-22-16-14-21(15-17-22)8-3-4-10-23-20-24(30)18-19-27(23)34/h5-6,11-12,18-22,34H,3-4,7-10,13-17H2,1-2H3. The third-order valence-corrected chi connectivity index (χ3v) is 7.62. The number of fused-ring (bicyclic) bond motifs is 1. The molecule has 2 aromatic carbocycles. The van der Waals surface area contributed by atoms with E-state index < -0.39 is 0 Å². The molecule has 182 valence electrons. The quantitative estimate of drug-likeness (QED) is 0.304. The summed E-state index contributed by atoms with van der Waals surface area (Å²) in [7, 11) is 4.11. The number of hydrogen-bond acceptors (Lipinski definition) is 4. The van der Waals surface area contributed by atoms with Crippen LogP contribution in [0, 0.1) is 11.8 Å². The van der Waals surface area contributed by atoms with Crippen LogP contribution in [0.3, 0.4) is 0 Å². The lowest BCUT2D eigenvalue weighted by Crippen LogP contribution is -2.15. The van der Waals surface area contributed by atoms with E-state index in [1.54, 1.807) is 12.1 Å². The van der Waals surface area contributed by atoms with E-state index >= 15 is 0 Å². The molecule has 1 aromatic heterocycles. The van der Waals surface area contributed by atoms with Crippen LogP contribution in [0.25, 0.3) is 10.9 Å². The van der Waals surface area contributed by atoms with Crippen LogP contribution in [0.1, 0.15) is 69.2 Å². The molecular weight excluding hydrogens is 442 g/mol. The van der Waals surface area contributed by atoms with Crippen LogP contribution >= 0.6 is 11.6 Å². The first-order valence-electron chi connectivity index (χ1n) is 12.9. The molecule has 1 N–H and O–H groups in total. The van der Waals surface area contributed by atoms with Gasteiger partial charge in [0.1, 0.15) is 17.4 Å². The Morgan fingerprint density at radius 2 is 1.59 bits per heavy atom. The van der Waals surface area contributed by atoms with Crippen LogP contribution in [0.5, 0.6) is 5.75 Å². The maximum atomic E-state index is 9.97. The first-order chi connectivity index (χ1) is 16.5. The molecule has 34 heavy (non-hydrogen) atoms. The van der Waals surface area contributed by atoms with Gasteiger partial charge >= 0.3 is 0 Å². The predicted octanol–water partition coefficient (Wildman–Crippen LogP) is 7.60. The normalized spacial score (nSPS) is 18.3. The van der Waals surface area contributed by atoms with Gasteiger partial charge in [-0.3, -0.25) is 0 Å². The van der Waals surface area contributed by atoms with Crippen molar-refractivity contribution in [3.8, 4) is 5.75 Å². The second-order valence-electron chi connectivity index (χ2n) is 10.2. The number of rotatable bonds is 10.